The van der Waals surface area contributed by atoms with E-state index in [9.17, 15) is 4.79 Å². The average molecular weight is 315 g/mol. The maximum atomic E-state index is 12.6. The molecule has 0 radical (unpaired) electrons. The van der Waals surface area contributed by atoms with Crippen LogP contribution >= 0.6 is 0 Å². The Balaban J connectivity index is 4.70. The maximum absolute atomic E-state index is 12.6. The Morgan fingerprint density at radius 1 is 1.05 bits per heavy atom. The van der Waals surface area contributed by atoms with Gasteiger partial charge in [-0.25, -0.2) is 0 Å². The molecule has 0 saturated carbocycles. The van der Waals surface area contributed by atoms with Crippen molar-refractivity contribution in [3.8, 4) is 0 Å². The molecule has 0 aromatic rings. The molecule has 0 fully saturated rings. The second-order valence-corrected chi connectivity index (χ2v) is 8.73. The van der Waals surface area contributed by atoms with Crippen molar-refractivity contribution in [1.29, 1.82) is 0 Å². The van der Waals surface area contributed by atoms with Gasteiger partial charge >= 0.3 is 5.97 Å². The molecule has 3 heteroatoms. The quantitative estimate of drug-likeness (QED) is 0.412. The summed E-state index contributed by atoms with van der Waals surface area (Å²) in [5.41, 5.74) is -0.410. The van der Waals surface area contributed by atoms with Crippen LogP contribution in [0.2, 0.25) is 0 Å². The van der Waals surface area contributed by atoms with Crippen LogP contribution in [0.5, 0.6) is 0 Å². The summed E-state index contributed by atoms with van der Waals surface area (Å²) in [6.45, 7) is 18.6. The summed E-state index contributed by atoms with van der Waals surface area (Å²) in [4.78, 5) is 12.6. The second-order valence-electron chi connectivity index (χ2n) is 8.73. The van der Waals surface area contributed by atoms with Gasteiger partial charge in [0.2, 0.25) is 6.29 Å². The van der Waals surface area contributed by atoms with Gasteiger partial charge in [-0.2, -0.15) is 0 Å². The largest absolute Gasteiger partial charge is 0.435 e. The molecule has 132 valence electrons. The summed E-state index contributed by atoms with van der Waals surface area (Å²) in [6.07, 6.45) is 3.73. The monoisotopic (exact) mass is 314 g/mol. The van der Waals surface area contributed by atoms with Gasteiger partial charge in [-0.05, 0) is 39.0 Å². The van der Waals surface area contributed by atoms with Gasteiger partial charge in [-0.3, -0.25) is 4.79 Å². The molecule has 0 saturated heterocycles. The zero-order chi connectivity index (χ0) is 17.6. The second kappa shape index (κ2) is 8.90. The van der Waals surface area contributed by atoms with Gasteiger partial charge < -0.3 is 9.47 Å². The van der Waals surface area contributed by atoms with E-state index in [1.54, 1.807) is 0 Å². The maximum Gasteiger partial charge on any atom is 0.313 e. The Bertz CT molecular complexity index is 326. The first kappa shape index (κ1) is 21.4. The zero-order valence-electron chi connectivity index (χ0n) is 16.3. The van der Waals surface area contributed by atoms with Gasteiger partial charge in [0.1, 0.15) is 0 Å². The fourth-order valence-electron chi connectivity index (χ4n) is 2.77. The standard InChI is InChI=1S/C19H38O3/c1-10-11-12-15(4)21-16(14(2)3)22-17(20)19(8,9)13-18(5,6)7/h14-16H,10-13H2,1-9H3. The van der Waals surface area contributed by atoms with Gasteiger partial charge in [0.05, 0.1) is 11.5 Å². The van der Waals surface area contributed by atoms with E-state index in [1.165, 1.54) is 0 Å². The molecular formula is C19H38O3. The van der Waals surface area contributed by atoms with Gasteiger partial charge in [0.25, 0.3) is 0 Å². The van der Waals surface area contributed by atoms with Crippen LogP contribution in [0.15, 0.2) is 0 Å². The highest BCUT2D eigenvalue weighted by atomic mass is 16.7. The Hall–Kier alpha value is -0.570. The predicted octanol–water partition coefficient (Wildman–Crippen LogP) is 5.57. The molecule has 0 bridgehead atoms. The van der Waals surface area contributed by atoms with E-state index in [0.717, 1.165) is 25.7 Å². The van der Waals surface area contributed by atoms with Gasteiger partial charge in [-0.1, -0.05) is 54.4 Å². The number of unbranched alkanes of at least 4 members (excludes halogenated alkanes) is 1. The predicted molar refractivity (Wildman–Crippen MR) is 92.6 cm³/mol. The molecule has 0 rings (SSSR count). The van der Waals surface area contributed by atoms with E-state index in [0.29, 0.717) is 0 Å². The Kier molecular flexibility index (Phi) is 8.67. The van der Waals surface area contributed by atoms with Crippen molar-refractivity contribution >= 4 is 5.97 Å². The number of hydrogen-bond donors (Lipinski definition) is 0. The minimum Gasteiger partial charge on any atom is -0.435 e. The first-order valence-electron chi connectivity index (χ1n) is 8.75. The lowest BCUT2D eigenvalue weighted by atomic mass is 9.76. The Labute approximate surface area is 138 Å². The minimum absolute atomic E-state index is 0.0884. The number of hydrogen-bond acceptors (Lipinski definition) is 3. The molecule has 2 atom stereocenters. The molecule has 0 aromatic carbocycles. The summed E-state index contributed by atoms with van der Waals surface area (Å²) in [5, 5.41) is 0. The van der Waals surface area contributed by atoms with E-state index in [1.807, 2.05) is 27.7 Å². The average Bonchev–Trinajstić information content (AvgIpc) is 2.32. The van der Waals surface area contributed by atoms with Gasteiger partial charge in [-0.15, -0.1) is 0 Å². The van der Waals surface area contributed by atoms with Crippen molar-refractivity contribution < 1.29 is 14.3 Å². The van der Waals surface area contributed by atoms with Crippen LogP contribution < -0.4 is 0 Å². The molecule has 0 amide bonds. The minimum atomic E-state index is -0.499. The number of ether oxygens (including phenoxy) is 2. The summed E-state index contributed by atoms with van der Waals surface area (Å²) in [5.74, 6) is -0.0118. The first-order chi connectivity index (χ1) is 9.89. The molecule has 0 aliphatic heterocycles. The molecule has 0 aromatic heterocycles. The lowest BCUT2D eigenvalue weighted by Crippen LogP contribution is -2.37. The van der Waals surface area contributed by atoms with Crippen LogP contribution in [0, 0.1) is 16.7 Å². The van der Waals surface area contributed by atoms with Crippen molar-refractivity contribution in [3.63, 3.8) is 0 Å². The number of carbonyl (C=O) groups excluding carboxylic acids is 1. The van der Waals surface area contributed by atoms with Crippen LogP contribution in [-0.4, -0.2) is 18.4 Å². The third kappa shape index (κ3) is 8.77. The summed E-state index contributed by atoms with van der Waals surface area (Å²) in [7, 11) is 0. The van der Waals surface area contributed by atoms with Crippen molar-refractivity contribution in [2.24, 2.45) is 16.7 Å². The molecule has 0 aliphatic carbocycles. The number of esters is 1. The van der Waals surface area contributed by atoms with Crippen LogP contribution in [0.1, 0.15) is 88.0 Å². The highest BCUT2D eigenvalue weighted by Gasteiger charge is 2.36. The van der Waals surface area contributed by atoms with Crippen molar-refractivity contribution in [2.45, 2.75) is 100 Å². The molecule has 0 aliphatic rings. The molecule has 22 heavy (non-hydrogen) atoms. The Morgan fingerprint density at radius 2 is 1.59 bits per heavy atom. The van der Waals surface area contributed by atoms with Crippen LogP contribution in [0.4, 0.5) is 0 Å². The van der Waals surface area contributed by atoms with Crippen LogP contribution in [0.3, 0.4) is 0 Å². The lowest BCUT2D eigenvalue weighted by Gasteiger charge is -2.33. The van der Waals surface area contributed by atoms with E-state index >= 15 is 0 Å². The number of carbonyl (C=O) groups is 1. The number of rotatable bonds is 9. The summed E-state index contributed by atoms with van der Waals surface area (Å²) < 4.78 is 11.7. The van der Waals surface area contributed by atoms with E-state index in [4.69, 9.17) is 9.47 Å². The third-order valence-electron chi connectivity index (χ3n) is 3.62. The topological polar surface area (TPSA) is 35.5 Å². The van der Waals surface area contributed by atoms with Crippen LogP contribution in [-0.2, 0) is 14.3 Å². The van der Waals surface area contributed by atoms with Gasteiger partial charge in [0, 0.05) is 5.92 Å². The third-order valence-corrected chi connectivity index (χ3v) is 3.62. The SMILES string of the molecule is CCCCC(C)OC(OC(=O)C(C)(C)CC(C)(C)C)C(C)C. The summed E-state index contributed by atoms with van der Waals surface area (Å²) in [6, 6.07) is 0. The van der Waals surface area contributed by atoms with Crippen molar-refractivity contribution in [1.82, 2.24) is 0 Å². The molecule has 2 unspecified atom stereocenters. The fraction of sp³-hybridized carbons (Fsp3) is 0.947. The van der Waals surface area contributed by atoms with Gasteiger partial charge in [0.15, 0.2) is 0 Å². The molecule has 0 N–H and O–H groups in total. The van der Waals surface area contributed by atoms with Crippen molar-refractivity contribution in [3.05, 3.63) is 0 Å². The molecule has 0 spiro atoms. The first-order valence-corrected chi connectivity index (χ1v) is 8.75. The lowest BCUT2D eigenvalue weighted by molar-refractivity contribution is -0.209. The normalized spacial score (nSPS) is 15.7. The highest BCUT2D eigenvalue weighted by Crippen LogP contribution is 2.34. The highest BCUT2D eigenvalue weighted by molar-refractivity contribution is 5.76. The molecule has 3 nitrogen and oxygen atoms in total. The molecule has 0 heterocycles. The fourth-order valence-corrected chi connectivity index (χ4v) is 2.77. The van der Waals surface area contributed by atoms with Crippen LogP contribution in [0.25, 0.3) is 0 Å². The van der Waals surface area contributed by atoms with Crippen molar-refractivity contribution in [2.75, 3.05) is 0 Å². The molecular weight excluding hydrogens is 276 g/mol. The summed E-state index contributed by atoms with van der Waals surface area (Å²) >= 11 is 0. The zero-order valence-corrected chi connectivity index (χ0v) is 16.3. The van der Waals surface area contributed by atoms with E-state index in [-0.39, 0.29) is 23.4 Å². The Morgan fingerprint density at radius 3 is 2.00 bits per heavy atom. The van der Waals surface area contributed by atoms with E-state index < -0.39 is 11.7 Å². The smallest absolute Gasteiger partial charge is 0.313 e. The van der Waals surface area contributed by atoms with E-state index in [2.05, 4.69) is 34.6 Å².